The van der Waals surface area contributed by atoms with Crippen molar-refractivity contribution in [1.29, 1.82) is 0 Å². The second-order valence-corrected chi connectivity index (χ2v) is 5.15. The Morgan fingerprint density at radius 3 is 2.20 bits per heavy atom. The van der Waals surface area contributed by atoms with Crippen LogP contribution in [0.2, 0.25) is 0 Å². The highest BCUT2D eigenvalue weighted by atomic mass is 19.3. The summed E-state index contributed by atoms with van der Waals surface area (Å²) in [6, 6.07) is 10.2. The standard InChI is InChI=1S/C19H18F2O4/c1-12-6-4-5-7-14(12)15(22)9-8-13-10-16(23-2)18(25-19(20)21)17(11-13)24-3/h4-11,19H,1-3H3/b9-8+. The first-order valence-corrected chi connectivity index (χ1v) is 7.45. The highest BCUT2D eigenvalue weighted by molar-refractivity contribution is 6.07. The number of alkyl halides is 2. The zero-order chi connectivity index (χ0) is 18.4. The Kier molecular flexibility index (Phi) is 6.11. The number of carbonyl (C=O) groups excluding carboxylic acids is 1. The fourth-order valence-electron chi connectivity index (χ4n) is 2.31. The van der Waals surface area contributed by atoms with Gasteiger partial charge in [-0.25, -0.2) is 0 Å². The minimum absolute atomic E-state index is 0.0858. The Labute approximate surface area is 144 Å². The molecule has 2 rings (SSSR count). The third kappa shape index (κ3) is 4.56. The molecule has 0 amide bonds. The van der Waals surface area contributed by atoms with Crippen LogP contribution in [0.3, 0.4) is 0 Å². The van der Waals surface area contributed by atoms with E-state index >= 15 is 0 Å². The number of aryl methyl sites for hydroxylation is 1. The summed E-state index contributed by atoms with van der Waals surface area (Å²) in [5.41, 5.74) is 2.01. The summed E-state index contributed by atoms with van der Waals surface area (Å²) in [4.78, 5) is 12.3. The van der Waals surface area contributed by atoms with Crippen LogP contribution >= 0.6 is 0 Å². The van der Waals surface area contributed by atoms with Gasteiger partial charge in [0, 0.05) is 5.56 Å². The minimum atomic E-state index is -3.01. The number of ether oxygens (including phenoxy) is 3. The number of hydrogen-bond acceptors (Lipinski definition) is 4. The third-order valence-corrected chi connectivity index (χ3v) is 3.53. The molecule has 0 saturated carbocycles. The van der Waals surface area contributed by atoms with Gasteiger partial charge in [-0.15, -0.1) is 0 Å². The molecule has 0 fully saturated rings. The summed E-state index contributed by atoms with van der Waals surface area (Å²) < 4.78 is 39.7. The van der Waals surface area contributed by atoms with E-state index in [2.05, 4.69) is 4.74 Å². The summed E-state index contributed by atoms with van der Waals surface area (Å²) in [6.45, 7) is -1.16. The normalized spacial score (nSPS) is 11.0. The molecule has 0 aromatic heterocycles. The molecule has 0 unspecified atom stereocenters. The van der Waals surface area contributed by atoms with Gasteiger partial charge in [0.15, 0.2) is 17.3 Å². The van der Waals surface area contributed by atoms with E-state index in [1.54, 1.807) is 18.2 Å². The molecule has 2 aromatic rings. The van der Waals surface area contributed by atoms with E-state index in [1.807, 2.05) is 19.1 Å². The van der Waals surface area contributed by atoms with Gasteiger partial charge >= 0.3 is 6.61 Å². The summed E-state index contributed by atoms with van der Waals surface area (Å²) >= 11 is 0. The highest BCUT2D eigenvalue weighted by Gasteiger charge is 2.17. The summed E-state index contributed by atoms with van der Waals surface area (Å²) in [6.07, 6.45) is 2.97. The van der Waals surface area contributed by atoms with Crippen molar-refractivity contribution >= 4 is 11.9 Å². The van der Waals surface area contributed by atoms with Crippen molar-refractivity contribution in [3.8, 4) is 17.2 Å². The van der Waals surface area contributed by atoms with Gasteiger partial charge in [0.05, 0.1) is 14.2 Å². The SMILES string of the molecule is COc1cc(/C=C/C(=O)c2ccccc2C)cc(OC)c1OC(F)F. The van der Waals surface area contributed by atoms with Crippen LogP contribution in [0.4, 0.5) is 8.78 Å². The lowest BCUT2D eigenvalue weighted by Gasteiger charge is -2.14. The molecule has 132 valence electrons. The first-order chi connectivity index (χ1) is 12.0. The summed E-state index contributed by atoms with van der Waals surface area (Å²) in [5, 5.41) is 0. The number of benzene rings is 2. The molecular formula is C19H18F2O4. The molecule has 2 aromatic carbocycles. The van der Waals surface area contributed by atoms with E-state index in [9.17, 15) is 13.6 Å². The predicted octanol–water partition coefficient (Wildman–Crippen LogP) is 4.51. The molecular weight excluding hydrogens is 330 g/mol. The fraction of sp³-hybridized carbons (Fsp3) is 0.211. The van der Waals surface area contributed by atoms with Crippen molar-refractivity contribution < 1.29 is 27.8 Å². The van der Waals surface area contributed by atoms with Crippen LogP contribution in [-0.2, 0) is 0 Å². The van der Waals surface area contributed by atoms with E-state index in [4.69, 9.17) is 9.47 Å². The van der Waals surface area contributed by atoms with Crippen LogP contribution in [0, 0.1) is 6.92 Å². The smallest absolute Gasteiger partial charge is 0.387 e. The van der Waals surface area contributed by atoms with Crippen LogP contribution in [0.1, 0.15) is 21.5 Å². The van der Waals surface area contributed by atoms with Crippen molar-refractivity contribution in [3.63, 3.8) is 0 Å². The maximum Gasteiger partial charge on any atom is 0.387 e. The van der Waals surface area contributed by atoms with E-state index in [-0.39, 0.29) is 23.0 Å². The zero-order valence-corrected chi connectivity index (χ0v) is 14.1. The first-order valence-electron chi connectivity index (χ1n) is 7.45. The molecule has 0 heterocycles. The lowest BCUT2D eigenvalue weighted by molar-refractivity contribution is -0.0526. The Morgan fingerprint density at radius 2 is 1.68 bits per heavy atom. The maximum atomic E-state index is 12.5. The van der Waals surface area contributed by atoms with Crippen molar-refractivity contribution in [3.05, 3.63) is 59.2 Å². The molecule has 0 bridgehead atoms. The van der Waals surface area contributed by atoms with Gasteiger partial charge < -0.3 is 14.2 Å². The lowest BCUT2D eigenvalue weighted by Crippen LogP contribution is -2.05. The number of methoxy groups -OCH3 is 2. The van der Waals surface area contributed by atoms with Crippen LogP contribution in [0.25, 0.3) is 6.08 Å². The van der Waals surface area contributed by atoms with Crippen molar-refractivity contribution in [1.82, 2.24) is 0 Å². The molecule has 0 aliphatic rings. The van der Waals surface area contributed by atoms with Gasteiger partial charge in [0.1, 0.15) is 0 Å². The van der Waals surface area contributed by atoms with Gasteiger partial charge in [-0.3, -0.25) is 4.79 Å². The van der Waals surface area contributed by atoms with Gasteiger partial charge in [0.25, 0.3) is 0 Å². The quantitative estimate of drug-likeness (QED) is 0.545. The van der Waals surface area contributed by atoms with Crippen LogP contribution in [0.15, 0.2) is 42.5 Å². The van der Waals surface area contributed by atoms with Crippen molar-refractivity contribution in [2.45, 2.75) is 13.5 Å². The summed E-state index contributed by atoms with van der Waals surface area (Å²) in [7, 11) is 2.66. The summed E-state index contributed by atoms with van der Waals surface area (Å²) in [5.74, 6) is -0.184. The van der Waals surface area contributed by atoms with Gasteiger partial charge in [-0.2, -0.15) is 8.78 Å². The molecule has 4 nitrogen and oxygen atoms in total. The van der Waals surface area contributed by atoms with Gasteiger partial charge in [-0.05, 0) is 36.3 Å². The number of allylic oxidation sites excluding steroid dienone is 1. The molecule has 0 saturated heterocycles. The average Bonchev–Trinajstić information content (AvgIpc) is 2.60. The maximum absolute atomic E-state index is 12.5. The number of halogens is 2. The Hall–Kier alpha value is -2.89. The number of ketones is 1. The van der Waals surface area contributed by atoms with E-state index in [1.165, 1.54) is 32.4 Å². The van der Waals surface area contributed by atoms with Crippen LogP contribution < -0.4 is 14.2 Å². The van der Waals surface area contributed by atoms with E-state index < -0.39 is 6.61 Å². The van der Waals surface area contributed by atoms with Gasteiger partial charge in [0.2, 0.25) is 5.75 Å². The molecule has 0 aliphatic carbocycles. The van der Waals surface area contributed by atoms with Crippen molar-refractivity contribution in [2.24, 2.45) is 0 Å². The van der Waals surface area contributed by atoms with Crippen LogP contribution in [-0.4, -0.2) is 26.6 Å². The van der Waals surface area contributed by atoms with Crippen molar-refractivity contribution in [2.75, 3.05) is 14.2 Å². The Morgan fingerprint density at radius 1 is 1.08 bits per heavy atom. The van der Waals surface area contributed by atoms with Gasteiger partial charge in [-0.1, -0.05) is 30.3 Å². The highest BCUT2D eigenvalue weighted by Crippen LogP contribution is 2.39. The van der Waals surface area contributed by atoms with E-state index in [0.29, 0.717) is 11.1 Å². The number of carbonyl (C=O) groups is 1. The Bertz CT molecular complexity index is 760. The molecule has 0 N–H and O–H groups in total. The predicted molar refractivity (Wildman–Crippen MR) is 90.7 cm³/mol. The van der Waals surface area contributed by atoms with Crippen LogP contribution in [0.5, 0.6) is 17.2 Å². The topological polar surface area (TPSA) is 44.8 Å². The average molecular weight is 348 g/mol. The third-order valence-electron chi connectivity index (χ3n) is 3.53. The molecule has 0 radical (unpaired) electrons. The first kappa shape index (κ1) is 18.4. The number of hydrogen-bond donors (Lipinski definition) is 0. The van der Waals surface area contributed by atoms with E-state index in [0.717, 1.165) is 5.56 Å². The second-order valence-electron chi connectivity index (χ2n) is 5.15. The molecule has 0 atom stereocenters. The minimum Gasteiger partial charge on any atom is -0.493 e. The molecule has 0 spiro atoms. The molecule has 0 aliphatic heterocycles. The monoisotopic (exact) mass is 348 g/mol. The molecule has 6 heteroatoms. The largest absolute Gasteiger partial charge is 0.493 e. The zero-order valence-electron chi connectivity index (χ0n) is 14.1. The fourth-order valence-corrected chi connectivity index (χ4v) is 2.31. The lowest BCUT2D eigenvalue weighted by atomic mass is 10.0. The second kappa shape index (κ2) is 8.28. The number of rotatable bonds is 7. The molecule has 25 heavy (non-hydrogen) atoms. The Balaban J connectivity index is 2.33.